The van der Waals surface area contributed by atoms with Gasteiger partial charge in [0.05, 0.1) is 7.11 Å². The Morgan fingerprint density at radius 1 is 1.71 bits per heavy atom. The molecule has 74 valence electrons. The normalized spacial score (nSPS) is 11.1. The van der Waals surface area contributed by atoms with Crippen molar-refractivity contribution in [2.45, 2.75) is 6.42 Å². The average Bonchev–Trinajstić information content (AvgIpc) is 2.26. The third-order valence-corrected chi connectivity index (χ3v) is 1.65. The van der Waals surface area contributed by atoms with E-state index in [-0.39, 0.29) is 5.76 Å². The van der Waals surface area contributed by atoms with Crippen molar-refractivity contribution >= 4 is 5.97 Å². The maximum Gasteiger partial charge on any atom is 0.372 e. The lowest BCUT2D eigenvalue weighted by Crippen LogP contribution is -2.04. The molecule has 0 atom stereocenters. The first-order valence-corrected chi connectivity index (χ1v) is 4.10. The van der Waals surface area contributed by atoms with Crippen LogP contribution in [-0.2, 0) is 16.0 Å². The van der Waals surface area contributed by atoms with Crippen molar-refractivity contribution in [1.29, 1.82) is 0 Å². The van der Waals surface area contributed by atoms with Crippen LogP contribution in [0.4, 0.5) is 0 Å². The number of nitrogens with zero attached hydrogens (tertiary/aromatic N) is 1. The second-order valence-corrected chi connectivity index (χ2v) is 2.65. The summed E-state index contributed by atoms with van der Waals surface area (Å²) in [6.45, 7) is 0. The molecule has 0 saturated heterocycles. The van der Waals surface area contributed by atoms with Crippen LogP contribution in [0.5, 0.6) is 0 Å². The van der Waals surface area contributed by atoms with E-state index in [9.17, 15) is 4.79 Å². The lowest BCUT2D eigenvalue weighted by Gasteiger charge is -1.97. The summed E-state index contributed by atoms with van der Waals surface area (Å²) in [5, 5.41) is 9.15. The van der Waals surface area contributed by atoms with Gasteiger partial charge in [-0.25, -0.2) is 4.79 Å². The molecule has 4 heteroatoms. The minimum Gasteiger partial charge on any atom is -0.502 e. The maximum absolute atomic E-state index is 10.8. The molecular weight excluding hydrogens is 182 g/mol. The lowest BCUT2D eigenvalue weighted by atomic mass is 10.2. The number of ether oxygens (including phenoxy) is 1. The summed E-state index contributed by atoms with van der Waals surface area (Å²) in [6, 6.07) is 3.65. The summed E-state index contributed by atoms with van der Waals surface area (Å²) >= 11 is 0. The molecule has 0 aliphatic rings. The SMILES string of the molecule is COC(=O)C(O)=CCc1cccnc1. The van der Waals surface area contributed by atoms with E-state index < -0.39 is 5.97 Å². The number of aliphatic hydroxyl groups is 1. The number of esters is 1. The summed E-state index contributed by atoms with van der Waals surface area (Å²) < 4.78 is 4.33. The number of aromatic nitrogens is 1. The molecule has 1 N–H and O–H groups in total. The third kappa shape index (κ3) is 2.90. The van der Waals surface area contributed by atoms with Gasteiger partial charge in [0, 0.05) is 12.4 Å². The smallest absolute Gasteiger partial charge is 0.372 e. The zero-order valence-electron chi connectivity index (χ0n) is 7.80. The quantitative estimate of drug-likeness (QED) is 0.445. The van der Waals surface area contributed by atoms with Crippen LogP contribution in [0.2, 0.25) is 0 Å². The zero-order valence-corrected chi connectivity index (χ0v) is 7.80. The Morgan fingerprint density at radius 3 is 3.07 bits per heavy atom. The Balaban J connectivity index is 2.59. The van der Waals surface area contributed by atoms with Crippen molar-refractivity contribution in [2.24, 2.45) is 0 Å². The molecule has 0 bridgehead atoms. The molecule has 0 aliphatic carbocycles. The first-order chi connectivity index (χ1) is 6.74. The molecule has 0 radical (unpaired) electrons. The highest BCUT2D eigenvalue weighted by molar-refractivity contribution is 5.85. The highest BCUT2D eigenvalue weighted by Crippen LogP contribution is 2.00. The van der Waals surface area contributed by atoms with Crippen molar-refractivity contribution < 1.29 is 14.6 Å². The molecule has 0 aromatic carbocycles. The van der Waals surface area contributed by atoms with Gasteiger partial charge in [-0.05, 0) is 24.1 Å². The van der Waals surface area contributed by atoms with Gasteiger partial charge in [0.1, 0.15) is 0 Å². The molecule has 1 aromatic rings. The number of hydrogen-bond acceptors (Lipinski definition) is 4. The van der Waals surface area contributed by atoms with Crippen LogP contribution < -0.4 is 0 Å². The van der Waals surface area contributed by atoms with Gasteiger partial charge in [0.25, 0.3) is 0 Å². The van der Waals surface area contributed by atoms with Gasteiger partial charge in [0.15, 0.2) is 5.76 Å². The number of carbonyl (C=O) groups excluding carboxylic acids is 1. The molecule has 0 amide bonds. The molecule has 1 aromatic heterocycles. The second-order valence-electron chi connectivity index (χ2n) is 2.65. The summed E-state index contributed by atoms with van der Waals surface area (Å²) in [5.74, 6) is -1.11. The largest absolute Gasteiger partial charge is 0.502 e. The van der Waals surface area contributed by atoms with Crippen molar-refractivity contribution in [2.75, 3.05) is 7.11 Å². The summed E-state index contributed by atoms with van der Waals surface area (Å²) in [6.07, 6.45) is 5.17. The predicted octanol–water partition coefficient (Wildman–Crippen LogP) is 1.24. The molecule has 0 unspecified atom stereocenters. The zero-order chi connectivity index (χ0) is 10.4. The first-order valence-electron chi connectivity index (χ1n) is 4.10. The van der Waals surface area contributed by atoms with Gasteiger partial charge in [-0.1, -0.05) is 6.07 Å². The Bertz CT molecular complexity index is 332. The van der Waals surface area contributed by atoms with Gasteiger partial charge in [-0.3, -0.25) is 4.98 Å². The molecule has 14 heavy (non-hydrogen) atoms. The standard InChI is InChI=1S/C10H11NO3/c1-14-10(13)9(12)5-4-8-3-2-6-11-7-8/h2-3,5-7,12H,4H2,1H3. The summed E-state index contributed by atoms with van der Waals surface area (Å²) in [5.41, 5.74) is 0.919. The van der Waals surface area contributed by atoms with Crippen LogP contribution in [0.3, 0.4) is 0 Å². The Morgan fingerprint density at radius 2 is 2.50 bits per heavy atom. The average molecular weight is 193 g/mol. The molecule has 0 spiro atoms. The number of carbonyl (C=O) groups is 1. The maximum atomic E-state index is 10.8. The van der Waals surface area contributed by atoms with Crippen molar-refractivity contribution in [1.82, 2.24) is 4.98 Å². The minimum atomic E-state index is -0.728. The highest BCUT2D eigenvalue weighted by Gasteiger charge is 2.05. The monoisotopic (exact) mass is 193 g/mol. The van der Waals surface area contributed by atoms with E-state index in [4.69, 9.17) is 5.11 Å². The molecule has 1 rings (SSSR count). The van der Waals surface area contributed by atoms with Crippen molar-refractivity contribution in [3.05, 3.63) is 41.9 Å². The minimum absolute atomic E-state index is 0.378. The van der Waals surface area contributed by atoms with E-state index in [1.807, 2.05) is 6.07 Å². The highest BCUT2D eigenvalue weighted by atomic mass is 16.5. The molecule has 0 saturated carbocycles. The van der Waals surface area contributed by atoms with E-state index >= 15 is 0 Å². The topological polar surface area (TPSA) is 59.4 Å². The van der Waals surface area contributed by atoms with Crippen molar-refractivity contribution in [3.63, 3.8) is 0 Å². The van der Waals surface area contributed by atoms with E-state index in [1.165, 1.54) is 13.2 Å². The van der Waals surface area contributed by atoms with E-state index in [0.29, 0.717) is 6.42 Å². The number of hydrogen-bond donors (Lipinski definition) is 1. The van der Waals surface area contributed by atoms with Gasteiger partial charge in [0.2, 0.25) is 0 Å². The Kier molecular flexibility index (Phi) is 3.67. The number of methoxy groups -OCH3 is 1. The molecule has 0 aliphatic heterocycles. The third-order valence-electron chi connectivity index (χ3n) is 1.65. The molecular formula is C10H11NO3. The van der Waals surface area contributed by atoms with Crippen LogP contribution >= 0.6 is 0 Å². The number of rotatable bonds is 3. The van der Waals surface area contributed by atoms with Gasteiger partial charge in [-0.2, -0.15) is 0 Å². The van der Waals surface area contributed by atoms with E-state index in [1.54, 1.807) is 18.5 Å². The van der Waals surface area contributed by atoms with Crippen LogP contribution in [0, 0.1) is 0 Å². The predicted molar refractivity (Wildman–Crippen MR) is 50.7 cm³/mol. The first kappa shape index (κ1) is 10.2. The molecule has 1 heterocycles. The van der Waals surface area contributed by atoms with Crippen LogP contribution in [0.25, 0.3) is 0 Å². The number of pyridine rings is 1. The fourth-order valence-electron chi connectivity index (χ4n) is 0.921. The van der Waals surface area contributed by atoms with Gasteiger partial charge < -0.3 is 9.84 Å². The number of aliphatic hydroxyl groups excluding tert-OH is 1. The van der Waals surface area contributed by atoms with E-state index in [0.717, 1.165) is 5.56 Å². The fourth-order valence-corrected chi connectivity index (χ4v) is 0.921. The fraction of sp³-hybridized carbons (Fsp3) is 0.200. The van der Waals surface area contributed by atoms with E-state index in [2.05, 4.69) is 9.72 Å². The second kappa shape index (κ2) is 5.01. The van der Waals surface area contributed by atoms with Crippen LogP contribution in [0.15, 0.2) is 36.4 Å². The molecule has 4 nitrogen and oxygen atoms in total. The summed E-state index contributed by atoms with van der Waals surface area (Å²) in [7, 11) is 1.22. The van der Waals surface area contributed by atoms with Crippen LogP contribution in [-0.4, -0.2) is 23.2 Å². The van der Waals surface area contributed by atoms with Gasteiger partial charge in [-0.15, -0.1) is 0 Å². The van der Waals surface area contributed by atoms with Gasteiger partial charge >= 0.3 is 5.97 Å². The number of allylic oxidation sites excluding steroid dienone is 1. The lowest BCUT2D eigenvalue weighted by molar-refractivity contribution is -0.139. The van der Waals surface area contributed by atoms with Crippen LogP contribution in [0.1, 0.15) is 5.56 Å². The summed E-state index contributed by atoms with van der Waals surface area (Å²) in [4.78, 5) is 14.7. The molecule has 0 fully saturated rings. The Hall–Kier alpha value is -1.84. The Labute approximate surface area is 81.9 Å². The van der Waals surface area contributed by atoms with Crippen molar-refractivity contribution in [3.8, 4) is 0 Å².